The Labute approximate surface area is 100 Å². The molecule has 0 fully saturated rings. The van der Waals surface area contributed by atoms with Crippen LogP contribution in [0.15, 0.2) is 18.2 Å². The van der Waals surface area contributed by atoms with E-state index in [4.69, 9.17) is 4.74 Å². The average Bonchev–Trinajstić information content (AvgIpc) is 2.67. The summed E-state index contributed by atoms with van der Waals surface area (Å²) < 4.78 is 10.1. The van der Waals surface area contributed by atoms with E-state index in [0.717, 1.165) is 23.3 Å². The van der Waals surface area contributed by atoms with E-state index in [9.17, 15) is 9.90 Å². The minimum Gasteiger partial charge on any atom is -0.490 e. The lowest BCUT2D eigenvalue weighted by Gasteiger charge is -2.09. The maximum atomic E-state index is 11.1. The summed E-state index contributed by atoms with van der Waals surface area (Å²) in [6, 6.07) is 5.73. The lowest BCUT2D eigenvalue weighted by atomic mass is 10.0. The molecular weight excluding hydrogens is 220 g/mol. The fourth-order valence-corrected chi connectivity index (χ4v) is 2.04. The van der Waals surface area contributed by atoms with E-state index in [2.05, 4.69) is 4.74 Å². The number of fused-ring (bicyclic) bond motifs is 1. The number of benzene rings is 1. The molecule has 0 aliphatic carbocycles. The lowest BCUT2D eigenvalue weighted by Crippen LogP contribution is -2.24. The number of ether oxygens (including phenoxy) is 2. The van der Waals surface area contributed by atoms with Crippen LogP contribution in [-0.4, -0.2) is 30.4 Å². The van der Waals surface area contributed by atoms with Crippen LogP contribution in [0.25, 0.3) is 0 Å². The molecule has 2 rings (SSSR count). The Balaban J connectivity index is 2.09. The Morgan fingerprint density at radius 1 is 1.65 bits per heavy atom. The van der Waals surface area contributed by atoms with E-state index in [1.807, 2.05) is 25.1 Å². The van der Waals surface area contributed by atoms with Crippen molar-refractivity contribution in [2.24, 2.45) is 0 Å². The smallest absolute Gasteiger partial charge is 0.335 e. The third-order valence-electron chi connectivity index (χ3n) is 2.86. The van der Waals surface area contributed by atoms with Gasteiger partial charge in [-0.15, -0.1) is 0 Å². The standard InChI is InChI=1S/C13H16O4/c1-8-5-10-6-9(3-4-12(10)17-8)7-11(14)13(15)16-2/h3-4,6,8,11,14H,5,7H2,1-2H3. The Hall–Kier alpha value is -1.55. The zero-order chi connectivity index (χ0) is 12.4. The first-order valence-corrected chi connectivity index (χ1v) is 5.64. The second kappa shape index (κ2) is 4.75. The van der Waals surface area contributed by atoms with Crippen LogP contribution in [0.1, 0.15) is 18.1 Å². The Bertz CT molecular complexity index is 427. The predicted octanol–water partition coefficient (Wildman–Crippen LogP) is 1.09. The second-order valence-corrected chi connectivity index (χ2v) is 4.32. The third kappa shape index (κ3) is 2.58. The fourth-order valence-electron chi connectivity index (χ4n) is 2.04. The number of hydrogen-bond donors (Lipinski definition) is 1. The number of carbonyl (C=O) groups excluding carboxylic acids is 1. The summed E-state index contributed by atoms with van der Waals surface area (Å²) in [5, 5.41) is 9.57. The summed E-state index contributed by atoms with van der Waals surface area (Å²) >= 11 is 0. The summed E-state index contributed by atoms with van der Waals surface area (Å²) in [5.74, 6) is 0.295. The number of aliphatic hydroxyl groups excluding tert-OH is 1. The number of aliphatic hydroxyl groups is 1. The molecule has 4 heteroatoms. The summed E-state index contributed by atoms with van der Waals surface area (Å²) in [5.41, 5.74) is 2.05. The van der Waals surface area contributed by atoms with Crippen LogP contribution >= 0.6 is 0 Å². The van der Waals surface area contributed by atoms with Gasteiger partial charge in [-0.2, -0.15) is 0 Å². The van der Waals surface area contributed by atoms with Crippen molar-refractivity contribution in [3.05, 3.63) is 29.3 Å². The average molecular weight is 236 g/mol. The van der Waals surface area contributed by atoms with Crippen molar-refractivity contribution in [1.82, 2.24) is 0 Å². The van der Waals surface area contributed by atoms with Gasteiger partial charge in [0.25, 0.3) is 0 Å². The van der Waals surface area contributed by atoms with Gasteiger partial charge in [0.2, 0.25) is 0 Å². The van der Waals surface area contributed by atoms with Gasteiger partial charge >= 0.3 is 5.97 Å². The van der Waals surface area contributed by atoms with Crippen LogP contribution in [0.3, 0.4) is 0 Å². The van der Waals surface area contributed by atoms with Crippen molar-refractivity contribution in [3.8, 4) is 5.75 Å². The van der Waals surface area contributed by atoms with Crippen LogP contribution < -0.4 is 4.74 Å². The summed E-state index contributed by atoms with van der Waals surface area (Å²) in [6.45, 7) is 2.02. The molecule has 92 valence electrons. The lowest BCUT2D eigenvalue weighted by molar-refractivity contribution is -0.150. The van der Waals surface area contributed by atoms with Crippen molar-refractivity contribution >= 4 is 5.97 Å². The highest BCUT2D eigenvalue weighted by atomic mass is 16.5. The highest BCUT2D eigenvalue weighted by molar-refractivity contribution is 5.74. The molecule has 1 aromatic carbocycles. The molecule has 0 saturated carbocycles. The highest BCUT2D eigenvalue weighted by Crippen LogP contribution is 2.29. The molecule has 0 radical (unpaired) electrons. The maximum Gasteiger partial charge on any atom is 0.335 e. The van der Waals surface area contributed by atoms with Crippen LogP contribution in [-0.2, 0) is 22.4 Å². The number of esters is 1. The molecule has 17 heavy (non-hydrogen) atoms. The zero-order valence-electron chi connectivity index (χ0n) is 9.97. The van der Waals surface area contributed by atoms with Gasteiger partial charge in [-0.05, 0) is 24.1 Å². The highest BCUT2D eigenvalue weighted by Gasteiger charge is 2.21. The van der Waals surface area contributed by atoms with E-state index in [0.29, 0.717) is 0 Å². The SMILES string of the molecule is COC(=O)C(O)Cc1ccc2c(c1)CC(C)O2. The van der Waals surface area contributed by atoms with Crippen LogP contribution in [0.4, 0.5) is 0 Å². The van der Waals surface area contributed by atoms with Gasteiger partial charge in [0, 0.05) is 12.8 Å². The number of rotatable bonds is 3. The predicted molar refractivity (Wildman–Crippen MR) is 62.0 cm³/mol. The minimum atomic E-state index is -1.10. The van der Waals surface area contributed by atoms with Crippen molar-refractivity contribution < 1.29 is 19.4 Å². The van der Waals surface area contributed by atoms with E-state index < -0.39 is 12.1 Å². The van der Waals surface area contributed by atoms with E-state index in [-0.39, 0.29) is 12.5 Å². The van der Waals surface area contributed by atoms with Gasteiger partial charge in [-0.25, -0.2) is 4.79 Å². The minimum absolute atomic E-state index is 0.200. The molecule has 1 aliphatic heterocycles. The molecule has 1 N–H and O–H groups in total. The molecule has 1 aromatic rings. The quantitative estimate of drug-likeness (QED) is 0.798. The molecule has 1 aliphatic rings. The van der Waals surface area contributed by atoms with Crippen molar-refractivity contribution in [2.75, 3.05) is 7.11 Å². The van der Waals surface area contributed by atoms with Crippen molar-refractivity contribution in [1.29, 1.82) is 0 Å². The number of methoxy groups -OCH3 is 1. The molecule has 1 heterocycles. The molecule has 4 nitrogen and oxygen atoms in total. The Morgan fingerprint density at radius 2 is 2.41 bits per heavy atom. The maximum absolute atomic E-state index is 11.1. The van der Waals surface area contributed by atoms with Crippen LogP contribution in [0.5, 0.6) is 5.75 Å². The Morgan fingerprint density at radius 3 is 3.12 bits per heavy atom. The molecule has 2 unspecified atom stereocenters. The molecule has 0 saturated heterocycles. The monoisotopic (exact) mass is 236 g/mol. The van der Waals surface area contributed by atoms with Gasteiger partial charge in [-0.1, -0.05) is 12.1 Å². The normalized spacial score (nSPS) is 19.4. The van der Waals surface area contributed by atoms with Gasteiger partial charge in [-0.3, -0.25) is 0 Å². The van der Waals surface area contributed by atoms with Gasteiger partial charge < -0.3 is 14.6 Å². The Kier molecular flexibility index (Phi) is 3.33. The topological polar surface area (TPSA) is 55.8 Å². The fraction of sp³-hybridized carbons (Fsp3) is 0.462. The molecular formula is C13H16O4. The summed E-state index contributed by atoms with van der Waals surface area (Å²) in [7, 11) is 1.27. The second-order valence-electron chi connectivity index (χ2n) is 4.32. The first kappa shape index (κ1) is 11.9. The number of carbonyl (C=O) groups is 1. The van der Waals surface area contributed by atoms with E-state index >= 15 is 0 Å². The van der Waals surface area contributed by atoms with Crippen molar-refractivity contribution in [2.45, 2.75) is 32.0 Å². The largest absolute Gasteiger partial charge is 0.490 e. The zero-order valence-corrected chi connectivity index (χ0v) is 9.97. The molecule has 2 atom stereocenters. The molecule has 0 bridgehead atoms. The molecule has 0 spiro atoms. The molecule has 0 aromatic heterocycles. The van der Waals surface area contributed by atoms with Gasteiger partial charge in [0.1, 0.15) is 11.9 Å². The molecule has 0 amide bonds. The van der Waals surface area contributed by atoms with E-state index in [1.165, 1.54) is 7.11 Å². The third-order valence-corrected chi connectivity index (χ3v) is 2.86. The summed E-state index contributed by atoms with van der Waals surface area (Å²) in [4.78, 5) is 11.1. The van der Waals surface area contributed by atoms with Crippen LogP contribution in [0, 0.1) is 0 Å². The van der Waals surface area contributed by atoms with Crippen molar-refractivity contribution in [3.63, 3.8) is 0 Å². The van der Waals surface area contributed by atoms with Gasteiger partial charge in [0.15, 0.2) is 6.10 Å². The van der Waals surface area contributed by atoms with Crippen LogP contribution in [0.2, 0.25) is 0 Å². The first-order chi connectivity index (χ1) is 8.10. The van der Waals surface area contributed by atoms with E-state index in [1.54, 1.807) is 0 Å². The number of hydrogen-bond acceptors (Lipinski definition) is 4. The van der Waals surface area contributed by atoms with Gasteiger partial charge in [0.05, 0.1) is 7.11 Å². The first-order valence-electron chi connectivity index (χ1n) is 5.64. The summed E-state index contributed by atoms with van der Waals surface area (Å²) in [6.07, 6.45) is 0.245.